The third-order valence-electron chi connectivity index (χ3n) is 4.48. The van der Waals surface area contributed by atoms with Gasteiger partial charge in [0.15, 0.2) is 18.1 Å². The largest absolute Gasteiger partial charge is 0.493 e. The van der Waals surface area contributed by atoms with E-state index in [2.05, 4.69) is 5.32 Å². The first-order chi connectivity index (χ1) is 13.9. The van der Waals surface area contributed by atoms with E-state index in [-0.39, 0.29) is 18.6 Å². The van der Waals surface area contributed by atoms with Crippen LogP contribution in [0.3, 0.4) is 0 Å². The van der Waals surface area contributed by atoms with Crippen molar-refractivity contribution in [3.05, 3.63) is 59.2 Å². The van der Waals surface area contributed by atoms with Crippen molar-refractivity contribution in [3.63, 3.8) is 0 Å². The van der Waals surface area contributed by atoms with E-state index in [4.69, 9.17) is 14.2 Å². The highest BCUT2D eigenvalue weighted by atomic mass is 16.6. The maximum atomic E-state index is 12.3. The Morgan fingerprint density at radius 2 is 1.79 bits per heavy atom. The normalized spacial score (nSPS) is 11.4. The number of rotatable bonds is 10. The highest BCUT2D eigenvalue weighted by Crippen LogP contribution is 2.30. The zero-order chi connectivity index (χ0) is 21.2. The van der Waals surface area contributed by atoms with Crippen molar-refractivity contribution >= 4 is 11.9 Å². The Hall–Kier alpha value is -3.02. The Labute approximate surface area is 172 Å². The van der Waals surface area contributed by atoms with Gasteiger partial charge in [0.05, 0.1) is 19.8 Å². The van der Waals surface area contributed by atoms with Crippen LogP contribution in [0.2, 0.25) is 0 Å². The summed E-state index contributed by atoms with van der Waals surface area (Å²) in [4.78, 5) is 23.8. The number of hydrogen-bond donors (Lipinski definition) is 1. The zero-order valence-electron chi connectivity index (χ0n) is 17.5. The number of methoxy groups -OCH3 is 1. The van der Waals surface area contributed by atoms with Crippen molar-refractivity contribution in [1.82, 2.24) is 5.32 Å². The quantitative estimate of drug-likeness (QED) is 0.616. The molecule has 2 aromatic rings. The highest BCUT2D eigenvalue weighted by Gasteiger charge is 2.14. The molecule has 0 unspecified atom stereocenters. The lowest BCUT2D eigenvalue weighted by Crippen LogP contribution is -2.26. The maximum Gasteiger partial charge on any atom is 0.344 e. The maximum absolute atomic E-state index is 12.3. The van der Waals surface area contributed by atoms with Gasteiger partial charge in [-0.15, -0.1) is 0 Å². The molecular weight excluding hydrogens is 370 g/mol. The predicted octanol–water partition coefficient (Wildman–Crippen LogP) is 3.76. The average Bonchev–Trinajstić information content (AvgIpc) is 2.71. The third kappa shape index (κ3) is 7.14. The van der Waals surface area contributed by atoms with E-state index < -0.39 is 5.97 Å². The molecule has 0 saturated heterocycles. The van der Waals surface area contributed by atoms with Crippen LogP contribution in [-0.4, -0.2) is 32.2 Å². The van der Waals surface area contributed by atoms with Crippen molar-refractivity contribution in [1.29, 1.82) is 0 Å². The fourth-order valence-corrected chi connectivity index (χ4v) is 2.82. The van der Waals surface area contributed by atoms with Gasteiger partial charge in [0.25, 0.3) is 0 Å². The zero-order valence-corrected chi connectivity index (χ0v) is 17.5. The fourth-order valence-electron chi connectivity index (χ4n) is 2.82. The SMILES string of the molecule is CCOC(=O)COc1ccc([C@H](C)NC(=O)CCc2ccc(C)cc2)cc1OC. The molecule has 1 atom stereocenters. The molecule has 1 amide bonds. The Bertz CT molecular complexity index is 817. The molecule has 6 nitrogen and oxygen atoms in total. The smallest absolute Gasteiger partial charge is 0.344 e. The molecule has 0 heterocycles. The molecule has 0 aliphatic carbocycles. The standard InChI is InChI=1S/C23H29NO5/c1-5-28-23(26)15-29-20-12-11-19(14-21(20)27-4)17(3)24-22(25)13-10-18-8-6-16(2)7-9-18/h6-9,11-12,14,17H,5,10,13,15H2,1-4H3,(H,24,25)/t17-/m0/s1. The molecule has 0 saturated carbocycles. The summed E-state index contributed by atoms with van der Waals surface area (Å²) in [5, 5.41) is 3.01. The number of esters is 1. The van der Waals surface area contributed by atoms with Gasteiger partial charge in [-0.1, -0.05) is 35.9 Å². The Morgan fingerprint density at radius 1 is 1.07 bits per heavy atom. The van der Waals surface area contributed by atoms with Gasteiger partial charge < -0.3 is 19.5 Å². The molecule has 0 radical (unpaired) electrons. The number of hydrogen-bond acceptors (Lipinski definition) is 5. The Morgan fingerprint density at radius 3 is 2.45 bits per heavy atom. The van der Waals surface area contributed by atoms with Crippen LogP contribution >= 0.6 is 0 Å². The van der Waals surface area contributed by atoms with E-state index in [1.807, 2.05) is 44.2 Å². The lowest BCUT2D eigenvalue weighted by Gasteiger charge is -2.17. The van der Waals surface area contributed by atoms with Gasteiger partial charge >= 0.3 is 5.97 Å². The molecule has 0 spiro atoms. The molecule has 2 rings (SSSR count). The fraction of sp³-hybridized carbons (Fsp3) is 0.391. The van der Waals surface area contributed by atoms with Crippen LogP contribution in [0.15, 0.2) is 42.5 Å². The van der Waals surface area contributed by atoms with Crippen LogP contribution in [0.5, 0.6) is 11.5 Å². The van der Waals surface area contributed by atoms with Crippen molar-refractivity contribution in [2.45, 2.75) is 39.7 Å². The van der Waals surface area contributed by atoms with Gasteiger partial charge in [0, 0.05) is 6.42 Å². The number of ether oxygens (including phenoxy) is 3. The minimum atomic E-state index is -0.437. The van der Waals surface area contributed by atoms with E-state index in [0.717, 1.165) is 11.1 Å². The number of carbonyl (C=O) groups is 2. The summed E-state index contributed by atoms with van der Waals surface area (Å²) in [7, 11) is 1.53. The molecule has 0 aliphatic heterocycles. The van der Waals surface area contributed by atoms with Crippen LogP contribution in [0, 0.1) is 6.92 Å². The summed E-state index contributed by atoms with van der Waals surface area (Å²) in [5.74, 6) is 0.488. The summed E-state index contributed by atoms with van der Waals surface area (Å²) in [6.07, 6.45) is 1.12. The molecule has 1 N–H and O–H groups in total. The first kappa shape index (κ1) is 22.3. The molecule has 6 heteroatoms. The summed E-state index contributed by atoms with van der Waals surface area (Å²) < 4.78 is 15.7. The van der Waals surface area contributed by atoms with E-state index in [9.17, 15) is 9.59 Å². The minimum Gasteiger partial charge on any atom is -0.493 e. The van der Waals surface area contributed by atoms with Gasteiger partial charge in [-0.3, -0.25) is 4.79 Å². The van der Waals surface area contributed by atoms with Crippen LogP contribution in [0.25, 0.3) is 0 Å². The van der Waals surface area contributed by atoms with E-state index in [1.54, 1.807) is 19.1 Å². The van der Waals surface area contributed by atoms with Gasteiger partial charge in [-0.25, -0.2) is 4.79 Å². The molecule has 29 heavy (non-hydrogen) atoms. The summed E-state index contributed by atoms with van der Waals surface area (Å²) >= 11 is 0. The second-order valence-electron chi connectivity index (χ2n) is 6.78. The molecule has 0 bridgehead atoms. The molecule has 0 aliphatic rings. The summed E-state index contributed by atoms with van der Waals surface area (Å²) in [5.41, 5.74) is 3.23. The van der Waals surface area contributed by atoms with Crippen molar-refractivity contribution in [2.75, 3.05) is 20.3 Å². The third-order valence-corrected chi connectivity index (χ3v) is 4.48. The second kappa shape index (κ2) is 11.1. The molecular formula is C23H29NO5. The first-order valence-corrected chi connectivity index (χ1v) is 9.74. The highest BCUT2D eigenvalue weighted by molar-refractivity contribution is 5.76. The second-order valence-corrected chi connectivity index (χ2v) is 6.78. The van der Waals surface area contributed by atoms with Crippen LogP contribution in [-0.2, 0) is 20.7 Å². The molecule has 0 fully saturated rings. The van der Waals surface area contributed by atoms with Crippen molar-refractivity contribution in [2.24, 2.45) is 0 Å². The average molecular weight is 399 g/mol. The minimum absolute atomic E-state index is 0.0142. The Kier molecular flexibility index (Phi) is 8.52. The number of aryl methyl sites for hydroxylation is 2. The first-order valence-electron chi connectivity index (χ1n) is 9.74. The van der Waals surface area contributed by atoms with Gasteiger partial charge in [0.2, 0.25) is 5.91 Å². The summed E-state index contributed by atoms with van der Waals surface area (Å²) in [6, 6.07) is 13.4. The number of amides is 1. The van der Waals surface area contributed by atoms with Crippen molar-refractivity contribution < 1.29 is 23.8 Å². The lowest BCUT2D eigenvalue weighted by molar-refractivity contribution is -0.145. The van der Waals surface area contributed by atoms with Crippen LogP contribution in [0.1, 0.15) is 43.0 Å². The number of benzene rings is 2. The number of nitrogens with one attached hydrogen (secondary N) is 1. The van der Waals surface area contributed by atoms with E-state index in [0.29, 0.717) is 30.9 Å². The number of carbonyl (C=O) groups excluding carboxylic acids is 2. The molecule has 0 aromatic heterocycles. The van der Waals surface area contributed by atoms with Gasteiger partial charge in [-0.2, -0.15) is 0 Å². The van der Waals surface area contributed by atoms with Crippen LogP contribution < -0.4 is 14.8 Å². The predicted molar refractivity (Wildman–Crippen MR) is 111 cm³/mol. The van der Waals surface area contributed by atoms with E-state index >= 15 is 0 Å². The topological polar surface area (TPSA) is 73.9 Å². The van der Waals surface area contributed by atoms with Gasteiger partial charge in [-0.05, 0) is 50.5 Å². The lowest BCUT2D eigenvalue weighted by atomic mass is 10.1. The molecule has 156 valence electrons. The van der Waals surface area contributed by atoms with Crippen molar-refractivity contribution in [3.8, 4) is 11.5 Å². The van der Waals surface area contributed by atoms with E-state index in [1.165, 1.54) is 12.7 Å². The van der Waals surface area contributed by atoms with Gasteiger partial charge in [0.1, 0.15) is 0 Å². The molecule has 2 aromatic carbocycles. The van der Waals surface area contributed by atoms with Crippen LogP contribution in [0.4, 0.5) is 0 Å². The monoisotopic (exact) mass is 399 g/mol. The summed E-state index contributed by atoms with van der Waals surface area (Å²) in [6.45, 7) is 5.81. The Balaban J connectivity index is 1.91.